The van der Waals surface area contributed by atoms with Crippen LogP contribution in [-0.4, -0.2) is 47.9 Å². The van der Waals surface area contributed by atoms with Crippen molar-refractivity contribution in [1.29, 1.82) is 5.26 Å². The molecule has 3 aliphatic rings. The van der Waals surface area contributed by atoms with E-state index >= 15 is 0 Å². The van der Waals surface area contributed by atoms with Gasteiger partial charge in [0.1, 0.15) is 5.54 Å². The fourth-order valence-electron chi connectivity index (χ4n) is 5.15. The molecule has 2 heterocycles. The van der Waals surface area contributed by atoms with Gasteiger partial charge in [-0.05, 0) is 67.5 Å². The standard InChI is InChI=1S/C27H30N4O2/c28-18-27(30-25(32)24-5-1-2-14-29-24)17-23(27)21-10-6-19(7-11-21)20-8-12-22(13-9-20)26(33)31-15-3-4-16-31/h6-13,23-24,29H,1-5,14-17H2,(H,30,32)/t23-,24-,27?/m0/s1. The summed E-state index contributed by atoms with van der Waals surface area (Å²) in [4.78, 5) is 27.1. The number of hydrogen-bond acceptors (Lipinski definition) is 4. The maximum absolute atomic E-state index is 12.6. The van der Waals surface area contributed by atoms with E-state index in [-0.39, 0.29) is 23.8 Å². The lowest BCUT2D eigenvalue weighted by atomic mass is 9.99. The van der Waals surface area contributed by atoms with Gasteiger partial charge in [0.05, 0.1) is 12.1 Å². The zero-order chi connectivity index (χ0) is 22.8. The Morgan fingerprint density at radius 3 is 2.24 bits per heavy atom. The minimum atomic E-state index is -0.796. The number of hydrogen-bond donors (Lipinski definition) is 2. The second-order valence-electron chi connectivity index (χ2n) is 9.53. The molecule has 1 unspecified atom stereocenters. The summed E-state index contributed by atoms with van der Waals surface area (Å²) in [6, 6.07) is 18.2. The van der Waals surface area contributed by atoms with Crippen molar-refractivity contribution in [3.63, 3.8) is 0 Å². The Morgan fingerprint density at radius 1 is 0.970 bits per heavy atom. The highest BCUT2D eigenvalue weighted by atomic mass is 16.2. The first-order valence-corrected chi connectivity index (χ1v) is 12.1. The first kappa shape index (κ1) is 21.7. The topological polar surface area (TPSA) is 85.2 Å². The number of nitrogens with one attached hydrogen (secondary N) is 2. The number of rotatable bonds is 5. The molecule has 0 spiro atoms. The number of piperidine rings is 1. The Balaban J connectivity index is 1.24. The van der Waals surface area contributed by atoms with E-state index in [4.69, 9.17) is 0 Å². The van der Waals surface area contributed by atoms with Gasteiger partial charge in [0.15, 0.2) is 0 Å². The van der Waals surface area contributed by atoms with Gasteiger partial charge in [0.25, 0.3) is 5.91 Å². The quantitative estimate of drug-likeness (QED) is 0.741. The lowest BCUT2D eigenvalue weighted by Crippen LogP contribution is -2.50. The van der Waals surface area contributed by atoms with Crippen molar-refractivity contribution in [1.82, 2.24) is 15.5 Å². The van der Waals surface area contributed by atoms with Gasteiger partial charge in [-0.25, -0.2) is 0 Å². The number of benzene rings is 2. The predicted molar refractivity (Wildman–Crippen MR) is 127 cm³/mol. The SMILES string of the molecule is N#CC1(NC(=O)[C@@H]2CCCCN2)C[C@H]1c1ccc(-c2ccc(C(=O)N3CCCC3)cc2)cc1. The van der Waals surface area contributed by atoms with Gasteiger partial charge in [0.2, 0.25) is 5.91 Å². The van der Waals surface area contributed by atoms with Crippen LogP contribution in [-0.2, 0) is 4.79 Å². The van der Waals surface area contributed by atoms with Crippen molar-refractivity contribution in [3.8, 4) is 17.2 Å². The van der Waals surface area contributed by atoms with Gasteiger partial charge in [0, 0.05) is 24.6 Å². The largest absolute Gasteiger partial charge is 0.339 e. The van der Waals surface area contributed by atoms with E-state index in [0.29, 0.717) is 6.42 Å². The Hall–Kier alpha value is -3.17. The number of nitrogens with zero attached hydrogens (tertiary/aromatic N) is 2. The molecule has 2 saturated heterocycles. The summed E-state index contributed by atoms with van der Waals surface area (Å²) in [5, 5.41) is 16.1. The van der Waals surface area contributed by atoms with Crippen molar-refractivity contribution in [2.75, 3.05) is 19.6 Å². The minimum Gasteiger partial charge on any atom is -0.339 e. The van der Waals surface area contributed by atoms with Crippen molar-refractivity contribution in [2.24, 2.45) is 0 Å². The van der Waals surface area contributed by atoms with Crippen LogP contribution in [0, 0.1) is 11.3 Å². The molecule has 2 N–H and O–H groups in total. The average Bonchev–Trinajstić information content (AvgIpc) is 3.31. The first-order valence-electron chi connectivity index (χ1n) is 12.1. The molecule has 2 aromatic rings. The predicted octanol–water partition coefficient (Wildman–Crippen LogP) is 3.60. The highest BCUT2D eigenvalue weighted by Crippen LogP contribution is 2.51. The normalized spacial score (nSPS) is 26.5. The molecule has 2 aromatic carbocycles. The molecule has 0 bridgehead atoms. The Kier molecular flexibility index (Phi) is 5.90. The van der Waals surface area contributed by atoms with Gasteiger partial charge in [-0.2, -0.15) is 5.26 Å². The van der Waals surface area contributed by atoms with E-state index in [1.807, 2.05) is 41.3 Å². The Labute approximate surface area is 195 Å². The van der Waals surface area contributed by atoms with Crippen LogP contribution in [0.4, 0.5) is 0 Å². The van der Waals surface area contributed by atoms with Crippen LogP contribution in [0.15, 0.2) is 48.5 Å². The number of carbonyl (C=O) groups excluding carboxylic acids is 2. The van der Waals surface area contributed by atoms with Crippen LogP contribution in [0.25, 0.3) is 11.1 Å². The number of carbonyl (C=O) groups is 2. The molecule has 2 aliphatic heterocycles. The zero-order valence-electron chi connectivity index (χ0n) is 18.8. The van der Waals surface area contributed by atoms with Crippen LogP contribution < -0.4 is 10.6 Å². The molecule has 33 heavy (non-hydrogen) atoms. The van der Waals surface area contributed by atoms with Crippen LogP contribution >= 0.6 is 0 Å². The summed E-state index contributed by atoms with van der Waals surface area (Å²) in [7, 11) is 0. The first-order chi connectivity index (χ1) is 16.1. The number of nitriles is 1. The molecule has 6 heteroatoms. The molecule has 1 saturated carbocycles. The Morgan fingerprint density at radius 2 is 1.64 bits per heavy atom. The van der Waals surface area contributed by atoms with Gasteiger partial charge in [-0.1, -0.05) is 42.8 Å². The summed E-state index contributed by atoms with van der Waals surface area (Å²) >= 11 is 0. The zero-order valence-corrected chi connectivity index (χ0v) is 18.8. The number of likely N-dealkylation sites (tertiary alicyclic amines) is 1. The molecule has 6 nitrogen and oxygen atoms in total. The lowest BCUT2D eigenvalue weighted by Gasteiger charge is -2.24. The lowest BCUT2D eigenvalue weighted by molar-refractivity contribution is -0.124. The third-order valence-electron chi connectivity index (χ3n) is 7.30. The van der Waals surface area contributed by atoms with Crippen LogP contribution in [0.1, 0.15) is 60.4 Å². The Bertz CT molecular complexity index is 1060. The molecule has 1 aliphatic carbocycles. The molecule has 3 fully saturated rings. The maximum Gasteiger partial charge on any atom is 0.253 e. The van der Waals surface area contributed by atoms with Crippen molar-refractivity contribution in [2.45, 2.75) is 56.0 Å². The fourth-order valence-corrected chi connectivity index (χ4v) is 5.15. The summed E-state index contributed by atoms with van der Waals surface area (Å²) in [5.41, 5.74) is 3.13. The van der Waals surface area contributed by atoms with E-state index < -0.39 is 5.54 Å². The highest BCUT2D eigenvalue weighted by Gasteiger charge is 2.57. The molecule has 5 rings (SSSR count). The van der Waals surface area contributed by atoms with Crippen molar-refractivity contribution >= 4 is 11.8 Å². The van der Waals surface area contributed by atoms with Crippen LogP contribution in [0.3, 0.4) is 0 Å². The molecule has 2 amide bonds. The second kappa shape index (κ2) is 8.99. The summed E-state index contributed by atoms with van der Waals surface area (Å²) < 4.78 is 0. The smallest absolute Gasteiger partial charge is 0.253 e. The molecule has 0 radical (unpaired) electrons. The average molecular weight is 443 g/mol. The summed E-state index contributed by atoms with van der Waals surface area (Å²) in [6.45, 7) is 2.56. The van der Waals surface area contributed by atoms with E-state index in [0.717, 1.165) is 74.0 Å². The van der Waals surface area contributed by atoms with Gasteiger partial charge in [-0.3, -0.25) is 9.59 Å². The van der Waals surface area contributed by atoms with Crippen molar-refractivity contribution < 1.29 is 9.59 Å². The minimum absolute atomic E-state index is 0.0181. The fraction of sp³-hybridized carbons (Fsp3) is 0.444. The summed E-state index contributed by atoms with van der Waals surface area (Å²) in [5.74, 6) is 0.0740. The van der Waals surface area contributed by atoms with E-state index in [1.54, 1.807) is 0 Å². The molecule has 170 valence electrons. The number of amides is 2. The van der Waals surface area contributed by atoms with E-state index in [1.165, 1.54) is 0 Å². The highest BCUT2D eigenvalue weighted by molar-refractivity contribution is 5.94. The third-order valence-corrected chi connectivity index (χ3v) is 7.30. The van der Waals surface area contributed by atoms with E-state index in [9.17, 15) is 14.9 Å². The molecular formula is C27H30N4O2. The molecule has 3 atom stereocenters. The summed E-state index contributed by atoms with van der Waals surface area (Å²) in [6.07, 6.45) is 5.79. The van der Waals surface area contributed by atoms with Gasteiger partial charge >= 0.3 is 0 Å². The van der Waals surface area contributed by atoms with Gasteiger partial charge < -0.3 is 15.5 Å². The van der Waals surface area contributed by atoms with Crippen molar-refractivity contribution in [3.05, 3.63) is 59.7 Å². The van der Waals surface area contributed by atoms with Crippen LogP contribution in [0.2, 0.25) is 0 Å². The monoisotopic (exact) mass is 442 g/mol. The third kappa shape index (κ3) is 4.38. The van der Waals surface area contributed by atoms with Crippen LogP contribution in [0.5, 0.6) is 0 Å². The molecule has 0 aromatic heterocycles. The van der Waals surface area contributed by atoms with Gasteiger partial charge in [-0.15, -0.1) is 0 Å². The second-order valence-corrected chi connectivity index (χ2v) is 9.53. The maximum atomic E-state index is 12.6. The van der Waals surface area contributed by atoms with E-state index in [2.05, 4.69) is 28.8 Å². The molecular weight excluding hydrogens is 412 g/mol.